The average molecular weight is 277 g/mol. The Kier molecular flexibility index (Phi) is 4.42. The van der Waals surface area contributed by atoms with Gasteiger partial charge >= 0.3 is 0 Å². The molecule has 0 bridgehead atoms. The van der Waals surface area contributed by atoms with Crippen molar-refractivity contribution in [3.8, 4) is 17.2 Å². The third-order valence-electron chi connectivity index (χ3n) is 2.72. The normalized spacial score (nSPS) is 10.3. The second kappa shape index (κ2) is 6.25. The molecule has 0 aliphatic heterocycles. The molecule has 0 atom stereocenters. The molecule has 2 aromatic carbocycles. The Labute approximate surface area is 116 Å². The highest BCUT2D eigenvalue weighted by molar-refractivity contribution is 5.56. The van der Waals surface area contributed by atoms with Crippen molar-refractivity contribution in [2.24, 2.45) is 0 Å². The van der Waals surface area contributed by atoms with Gasteiger partial charge in [-0.25, -0.2) is 4.39 Å². The summed E-state index contributed by atoms with van der Waals surface area (Å²) in [4.78, 5) is 0. The van der Waals surface area contributed by atoms with Gasteiger partial charge in [0.25, 0.3) is 0 Å². The molecule has 106 valence electrons. The predicted octanol–water partition coefficient (Wildman–Crippen LogP) is 3.36. The van der Waals surface area contributed by atoms with Gasteiger partial charge in [0.1, 0.15) is 11.5 Å². The van der Waals surface area contributed by atoms with Crippen LogP contribution in [0.15, 0.2) is 36.4 Å². The first-order valence-corrected chi connectivity index (χ1v) is 6.02. The standard InChI is InChI=1S/C15H16FNO3/c1-18-9-10-4-3-5-11(6-10)20-14-8-15(19-2)13(17)7-12(14)16/h3-8H,9,17H2,1-2H3. The molecule has 0 amide bonds. The van der Waals surface area contributed by atoms with Crippen LogP contribution in [-0.4, -0.2) is 14.2 Å². The highest BCUT2D eigenvalue weighted by atomic mass is 19.1. The first kappa shape index (κ1) is 14.1. The number of rotatable bonds is 5. The van der Waals surface area contributed by atoms with E-state index in [1.54, 1.807) is 19.2 Å². The van der Waals surface area contributed by atoms with Gasteiger partial charge in [0, 0.05) is 19.2 Å². The average Bonchev–Trinajstić information content (AvgIpc) is 2.43. The van der Waals surface area contributed by atoms with Crippen molar-refractivity contribution in [2.75, 3.05) is 20.0 Å². The lowest BCUT2D eigenvalue weighted by Gasteiger charge is -2.11. The summed E-state index contributed by atoms with van der Waals surface area (Å²) in [6.07, 6.45) is 0. The smallest absolute Gasteiger partial charge is 0.168 e. The molecule has 5 heteroatoms. The van der Waals surface area contributed by atoms with Crippen LogP contribution in [-0.2, 0) is 11.3 Å². The number of hydrogen-bond donors (Lipinski definition) is 1. The Bertz CT molecular complexity index is 602. The molecular formula is C15H16FNO3. The van der Waals surface area contributed by atoms with Gasteiger partial charge in [-0.2, -0.15) is 0 Å². The van der Waals surface area contributed by atoms with Crippen LogP contribution in [0.4, 0.5) is 10.1 Å². The summed E-state index contributed by atoms with van der Waals surface area (Å²) < 4.78 is 29.4. The van der Waals surface area contributed by atoms with Gasteiger partial charge in [0.2, 0.25) is 0 Å². The van der Waals surface area contributed by atoms with E-state index in [0.717, 1.165) is 5.56 Å². The Morgan fingerprint density at radius 2 is 1.90 bits per heavy atom. The zero-order valence-corrected chi connectivity index (χ0v) is 11.4. The molecule has 0 saturated carbocycles. The van der Waals surface area contributed by atoms with E-state index >= 15 is 0 Å². The second-order valence-corrected chi connectivity index (χ2v) is 4.21. The number of anilines is 1. The van der Waals surface area contributed by atoms with Crippen molar-refractivity contribution in [3.05, 3.63) is 47.8 Å². The summed E-state index contributed by atoms with van der Waals surface area (Å²) in [5.41, 5.74) is 6.79. The largest absolute Gasteiger partial charge is 0.494 e. The third-order valence-corrected chi connectivity index (χ3v) is 2.72. The molecule has 0 spiro atoms. The second-order valence-electron chi connectivity index (χ2n) is 4.21. The van der Waals surface area contributed by atoms with E-state index < -0.39 is 5.82 Å². The molecule has 0 aliphatic rings. The van der Waals surface area contributed by atoms with Crippen LogP contribution in [0.1, 0.15) is 5.56 Å². The Morgan fingerprint density at radius 3 is 2.60 bits per heavy atom. The van der Waals surface area contributed by atoms with E-state index in [1.165, 1.54) is 19.2 Å². The molecule has 2 N–H and O–H groups in total. The number of hydrogen-bond acceptors (Lipinski definition) is 4. The maximum atomic E-state index is 13.8. The minimum atomic E-state index is -0.541. The number of methoxy groups -OCH3 is 2. The fraction of sp³-hybridized carbons (Fsp3) is 0.200. The number of halogens is 1. The minimum absolute atomic E-state index is 0.0608. The summed E-state index contributed by atoms with van der Waals surface area (Å²) in [5.74, 6) is 0.408. The van der Waals surface area contributed by atoms with Crippen LogP contribution in [0, 0.1) is 5.82 Å². The summed E-state index contributed by atoms with van der Waals surface area (Å²) in [5, 5.41) is 0. The fourth-order valence-electron chi connectivity index (χ4n) is 1.80. The lowest BCUT2D eigenvalue weighted by Crippen LogP contribution is -1.96. The summed E-state index contributed by atoms with van der Waals surface area (Å²) in [6, 6.07) is 9.83. The quantitative estimate of drug-likeness (QED) is 0.851. The van der Waals surface area contributed by atoms with Gasteiger partial charge in [-0.15, -0.1) is 0 Å². The maximum Gasteiger partial charge on any atom is 0.168 e. The van der Waals surface area contributed by atoms with E-state index in [2.05, 4.69) is 0 Å². The van der Waals surface area contributed by atoms with E-state index in [9.17, 15) is 4.39 Å². The Morgan fingerprint density at radius 1 is 1.10 bits per heavy atom. The van der Waals surface area contributed by atoms with Crippen LogP contribution in [0.25, 0.3) is 0 Å². The number of nitrogen functional groups attached to an aromatic ring is 1. The zero-order chi connectivity index (χ0) is 14.5. The molecule has 0 aromatic heterocycles. The monoisotopic (exact) mass is 277 g/mol. The summed E-state index contributed by atoms with van der Waals surface area (Å²) >= 11 is 0. The topological polar surface area (TPSA) is 53.7 Å². The van der Waals surface area contributed by atoms with Crippen molar-refractivity contribution in [1.82, 2.24) is 0 Å². The molecule has 0 radical (unpaired) electrons. The molecule has 0 aliphatic carbocycles. The molecular weight excluding hydrogens is 261 g/mol. The first-order chi connectivity index (χ1) is 9.63. The minimum Gasteiger partial charge on any atom is -0.494 e. The van der Waals surface area contributed by atoms with Crippen molar-refractivity contribution in [1.29, 1.82) is 0 Å². The van der Waals surface area contributed by atoms with Gasteiger partial charge in [-0.1, -0.05) is 12.1 Å². The SMILES string of the molecule is COCc1cccc(Oc2cc(OC)c(N)cc2F)c1. The van der Waals surface area contributed by atoms with Crippen molar-refractivity contribution >= 4 is 5.69 Å². The molecule has 2 aromatic rings. The molecule has 4 nitrogen and oxygen atoms in total. The van der Waals surface area contributed by atoms with Crippen LogP contribution >= 0.6 is 0 Å². The third kappa shape index (κ3) is 3.19. The van der Waals surface area contributed by atoms with Gasteiger partial charge < -0.3 is 19.9 Å². The predicted molar refractivity (Wildman–Crippen MR) is 74.6 cm³/mol. The Hall–Kier alpha value is -2.27. The lowest BCUT2D eigenvalue weighted by atomic mass is 10.2. The van der Waals surface area contributed by atoms with Gasteiger partial charge in [0.05, 0.1) is 19.4 Å². The van der Waals surface area contributed by atoms with E-state index in [0.29, 0.717) is 18.1 Å². The van der Waals surface area contributed by atoms with E-state index in [1.807, 2.05) is 12.1 Å². The highest BCUT2D eigenvalue weighted by Gasteiger charge is 2.10. The molecule has 0 unspecified atom stereocenters. The van der Waals surface area contributed by atoms with Crippen molar-refractivity contribution < 1.29 is 18.6 Å². The zero-order valence-electron chi connectivity index (χ0n) is 11.4. The van der Waals surface area contributed by atoms with Gasteiger partial charge in [0.15, 0.2) is 11.6 Å². The molecule has 0 saturated heterocycles. The highest BCUT2D eigenvalue weighted by Crippen LogP contribution is 2.33. The lowest BCUT2D eigenvalue weighted by molar-refractivity contribution is 0.184. The van der Waals surface area contributed by atoms with Crippen LogP contribution < -0.4 is 15.2 Å². The first-order valence-electron chi connectivity index (χ1n) is 6.02. The van der Waals surface area contributed by atoms with Crippen LogP contribution in [0.5, 0.6) is 17.2 Å². The maximum absolute atomic E-state index is 13.8. The molecule has 0 fully saturated rings. The Balaban J connectivity index is 2.27. The molecule has 20 heavy (non-hydrogen) atoms. The van der Waals surface area contributed by atoms with Gasteiger partial charge in [-0.05, 0) is 17.7 Å². The number of nitrogens with two attached hydrogens (primary N) is 1. The van der Waals surface area contributed by atoms with E-state index in [-0.39, 0.29) is 11.4 Å². The summed E-state index contributed by atoms with van der Waals surface area (Å²) in [7, 11) is 3.07. The number of benzene rings is 2. The number of ether oxygens (including phenoxy) is 3. The van der Waals surface area contributed by atoms with Crippen molar-refractivity contribution in [3.63, 3.8) is 0 Å². The van der Waals surface area contributed by atoms with E-state index in [4.69, 9.17) is 19.9 Å². The fourth-order valence-corrected chi connectivity index (χ4v) is 1.80. The summed E-state index contributed by atoms with van der Waals surface area (Å²) in [6.45, 7) is 0.463. The van der Waals surface area contributed by atoms with Crippen molar-refractivity contribution in [2.45, 2.75) is 6.61 Å². The molecule has 2 rings (SSSR count). The van der Waals surface area contributed by atoms with Gasteiger partial charge in [-0.3, -0.25) is 0 Å². The van der Waals surface area contributed by atoms with Crippen LogP contribution in [0.3, 0.4) is 0 Å². The molecule has 0 heterocycles. The van der Waals surface area contributed by atoms with Crippen LogP contribution in [0.2, 0.25) is 0 Å².